The molecular weight excluding hydrogens is 306 g/mol. The van der Waals surface area contributed by atoms with E-state index in [1.165, 1.54) is 0 Å². The van der Waals surface area contributed by atoms with Gasteiger partial charge in [-0.2, -0.15) is 0 Å². The lowest BCUT2D eigenvalue weighted by Crippen LogP contribution is -2.34. The summed E-state index contributed by atoms with van der Waals surface area (Å²) in [5.41, 5.74) is 2.91. The molecule has 0 radical (unpaired) electrons. The number of imide groups is 1. The van der Waals surface area contributed by atoms with Crippen LogP contribution in [0, 0.1) is 0 Å². The highest BCUT2D eigenvalue weighted by molar-refractivity contribution is 5.87. The van der Waals surface area contributed by atoms with E-state index < -0.39 is 0 Å². The van der Waals surface area contributed by atoms with Gasteiger partial charge >= 0.3 is 0 Å². The van der Waals surface area contributed by atoms with Gasteiger partial charge < -0.3 is 9.80 Å². The van der Waals surface area contributed by atoms with Gasteiger partial charge in [0.15, 0.2) is 0 Å². The number of amides is 3. The van der Waals surface area contributed by atoms with E-state index in [1.54, 1.807) is 4.90 Å². The normalized spacial score (nSPS) is 11.8. The minimum Gasteiger partial charge on any atom is -0.376 e. The summed E-state index contributed by atoms with van der Waals surface area (Å²) >= 11 is 0. The van der Waals surface area contributed by atoms with Gasteiger partial charge in [-0.15, -0.1) is 0 Å². The molecule has 1 N–H and O–H groups in total. The quantitative estimate of drug-likeness (QED) is 0.704. The van der Waals surface area contributed by atoms with Crippen LogP contribution in [0.1, 0.15) is 45.1 Å². The SMILES string of the molecule is CC(C)c1ccc(N(C)C)c(N(C=O)C(C)CCC(=O)NC=O)c1. The summed E-state index contributed by atoms with van der Waals surface area (Å²) in [4.78, 5) is 37.1. The molecule has 1 rings (SSSR count). The Labute approximate surface area is 143 Å². The van der Waals surface area contributed by atoms with Crippen LogP contribution in [-0.2, 0) is 14.4 Å². The van der Waals surface area contributed by atoms with Gasteiger partial charge in [0.2, 0.25) is 18.7 Å². The topological polar surface area (TPSA) is 69.7 Å². The van der Waals surface area contributed by atoms with Gasteiger partial charge in [-0.3, -0.25) is 19.7 Å². The molecule has 1 aromatic carbocycles. The molecule has 132 valence electrons. The first-order chi connectivity index (χ1) is 11.3. The molecule has 0 bridgehead atoms. The number of hydrogen-bond donors (Lipinski definition) is 1. The Bertz CT molecular complexity index is 585. The summed E-state index contributed by atoms with van der Waals surface area (Å²) in [6.45, 7) is 6.10. The van der Waals surface area contributed by atoms with Crippen molar-refractivity contribution in [2.75, 3.05) is 23.9 Å². The average Bonchev–Trinajstić information content (AvgIpc) is 2.53. The maximum Gasteiger partial charge on any atom is 0.226 e. The predicted octanol–water partition coefficient (Wildman–Crippen LogP) is 2.28. The van der Waals surface area contributed by atoms with Crippen molar-refractivity contribution in [2.45, 2.75) is 45.6 Å². The number of hydrogen-bond acceptors (Lipinski definition) is 4. The van der Waals surface area contributed by atoms with Crippen LogP contribution in [0.3, 0.4) is 0 Å². The number of nitrogens with zero attached hydrogens (tertiary/aromatic N) is 2. The second-order valence-corrected chi connectivity index (χ2v) is 6.38. The number of benzene rings is 1. The minimum absolute atomic E-state index is 0.166. The Morgan fingerprint density at radius 2 is 1.83 bits per heavy atom. The second-order valence-electron chi connectivity index (χ2n) is 6.38. The van der Waals surface area contributed by atoms with Crippen LogP contribution < -0.4 is 15.1 Å². The summed E-state index contributed by atoms with van der Waals surface area (Å²) in [7, 11) is 3.86. The van der Waals surface area contributed by atoms with Gasteiger partial charge in [0.05, 0.1) is 11.4 Å². The maximum atomic E-state index is 11.7. The highest BCUT2D eigenvalue weighted by atomic mass is 16.2. The van der Waals surface area contributed by atoms with Gasteiger partial charge in [0.25, 0.3) is 0 Å². The molecule has 1 aromatic rings. The third-order valence-corrected chi connectivity index (χ3v) is 4.02. The Morgan fingerprint density at radius 3 is 2.33 bits per heavy atom. The number of anilines is 2. The fraction of sp³-hybridized carbons (Fsp3) is 0.500. The van der Waals surface area contributed by atoms with Gasteiger partial charge in [0.1, 0.15) is 0 Å². The molecule has 1 unspecified atom stereocenters. The fourth-order valence-corrected chi connectivity index (χ4v) is 2.50. The Hall–Kier alpha value is -2.37. The first-order valence-corrected chi connectivity index (χ1v) is 8.09. The Morgan fingerprint density at radius 1 is 1.17 bits per heavy atom. The van der Waals surface area contributed by atoms with Crippen LogP contribution in [0.2, 0.25) is 0 Å². The first kappa shape index (κ1) is 19.7. The number of carbonyl (C=O) groups is 3. The predicted molar refractivity (Wildman–Crippen MR) is 96.3 cm³/mol. The van der Waals surface area contributed by atoms with E-state index in [0.29, 0.717) is 18.7 Å². The van der Waals surface area contributed by atoms with Crippen LogP contribution in [0.5, 0.6) is 0 Å². The smallest absolute Gasteiger partial charge is 0.226 e. The van der Waals surface area contributed by atoms with Crippen molar-refractivity contribution < 1.29 is 14.4 Å². The highest BCUT2D eigenvalue weighted by Gasteiger charge is 2.20. The van der Waals surface area contributed by atoms with E-state index in [0.717, 1.165) is 23.3 Å². The molecule has 0 aliphatic carbocycles. The number of nitrogens with one attached hydrogen (secondary N) is 1. The summed E-state index contributed by atoms with van der Waals surface area (Å²) in [5, 5.41) is 2.12. The molecule has 6 nitrogen and oxygen atoms in total. The molecule has 6 heteroatoms. The van der Waals surface area contributed by atoms with Crippen molar-refractivity contribution >= 4 is 30.1 Å². The van der Waals surface area contributed by atoms with Gasteiger partial charge in [-0.1, -0.05) is 19.9 Å². The third kappa shape index (κ3) is 5.08. The van der Waals surface area contributed by atoms with E-state index in [-0.39, 0.29) is 18.4 Å². The lowest BCUT2D eigenvalue weighted by atomic mass is 10.0. The molecule has 0 aromatic heterocycles. The van der Waals surface area contributed by atoms with Crippen molar-refractivity contribution in [1.29, 1.82) is 0 Å². The zero-order valence-electron chi connectivity index (χ0n) is 15.1. The van der Waals surface area contributed by atoms with E-state index in [2.05, 4.69) is 25.2 Å². The maximum absolute atomic E-state index is 11.7. The lowest BCUT2D eigenvalue weighted by molar-refractivity contribution is -0.125. The fourth-order valence-electron chi connectivity index (χ4n) is 2.50. The largest absolute Gasteiger partial charge is 0.376 e. The monoisotopic (exact) mass is 333 g/mol. The van der Waals surface area contributed by atoms with Crippen molar-refractivity contribution in [2.24, 2.45) is 0 Å². The molecule has 0 aliphatic heterocycles. The zero-order chi connectivity index (χ0) is 18.3. The standard InChI is InChI=1S/C18H27N3O3/c1-13(2)15-7-8-16(20(4)5)17(10-15)21(12-23)14(3)6-9-18(24)19-11-22/h7-8,10-14H,6,9H2,1-5H3,(H,19,22,24). The molecule has 0 spiro atoms. The van der Waals surface area contributed by atoms with E-state index in [9.17, 15) is 14.4 Å². The van der Waals surface area contributed by atoms with Gasteiger partial charge in [0, 0.05) is 26.6 Å². The summed E-state index contributed by atoms with van der Waals surface area (Å²) in [6, 6.07) is 5.93. The van der Waals surface area contributed by atoms with E-state index in [1.807, 2.05) is 38.1 Å². The average molecular weight is 333 g/mol. The lowest BCUT2D eigenvalue weighted by Gasteiger charge is -2.30. The molecule has 3 amide bonds. The molecule has 0 heterocycles. The number of carbonyl (C=O) groups excluding carboxylic acids is 3. The Balaban J connectivity index is 3.08. The molecule has 0 fully saturated rings. The van der Waals surface area contributed by atoms with Crippen LogP contribution in [0.25, 0.3) is 0 Å². The molecule has 0 aliphatic rings. The van der Waals surface area contributed by atoms with Crippen molar-refractivity contribution in [3.63, 3.8) is 0 Å². The van der Waals surface area contributed by atoms with E-state index in [4.69, 9.17) is 0 Å². The highest BCUT2D eigenvalue weighted by Crippen LogP contribution is 2.33. The third-order valence-electron chi connectivity index (χ3n) is 4.02. The van der Waals surface area contributed by atoms with Crippen molar-refractivity contribution in [1.82, 2.24) is 5.32 Å². The molecule has 0 saturated heterocycles. The summed E-state index contributed by atoms with van der Waals surface area (Å²) < 4.78 is 0. The van der Waals surface area contributed by atoms with Crippen molar-refractivity contribution in [3.8, 4) is 0 Å². The molecule has 24 heavy (non-hydrogen) atoms. The van der Waals surface area contributed by atoms with Crippen LogP contribution in [0.15, 0.2) is 18.2 Å². The number of rotatable bonds is 9. The summed E-state index contributed by atoms with van der Waals surface area (Å²) in [5.74, 6) is 0.00797. The zero-order valence-corrected chi connectivity index (χ0v) is 15.1. The van der Waals surface area contributed by atoms with E-state index >= 15 is 0 Å². The minimum atomic E-state index is -0.341. The van der Waals surface area contributed by atoms with Gasteiger partial charge in [-0.25, -0.2) is 0 Å². The van der Waals surface area contributed by atoms with Crippen molar-refractivity contribution in [3.05, 3.63) is 23.8 Å². The Kier molecular flexibility index (Phi) is 7.42. The molecule has 1 atom stereocenters. The molecular formula is C18H27N3O3. The van der Waals surface area contributed by atoms with Gasteiger partial charge in [-0.05, 0) is 37.0 Å². The second kappa shape index (κ2) is 9.05. The van der Waals surface area contributed by atoms with Crippen LogP contribution in [-0.4, -0.2) is 38.9 Å². The summed E-state index contributed by atoms with van der Waals surface area (Å²) in [6.07, 6.45) is 1.83. The molecule has 0 saturated carbocycles. The van der Waals surface area contributed by atoms with Crippen LogP contribution in [0.4, 0.5) is 11.4 Å². The van der Waals surface area contributed by atoms with Crippen LogP contribution >= 0.6 is 0 Å². The first-order valence-electron chi connectivity index (χ1n) is 8.09.